The minimum Gasteiger partial charge on any atom is -0.228 e. The van der Waals surface area contributed by atoms with Crippen LogP contribution in [0.5, 0.6) is 0 Å². The highest BCUT2D eigenvalue weighted by Crippen LogP contribution is 2.51. The Labute approximate surface area is 252 Å². The molecule has 0 aliphatic heterocycles. The molecule has 0 spiro atoms. The summed E-state index contributed by atoms with van der Waals surface area (Å²) in [6.07, 6.45) is 0. The van der Waals surface area contributed by atoms with E-state index in [1.54, 1.807) is 0 Å². The summed E-state index contributed by atoms with van der Waals surface area (Å²) >= 11 is 0. The summed E-state index contributed by atoms with van der Waals surface area (Å²) in [4.78, 5) is 10.4. The summed E-state index contributed by atoms with van der Waals surface area (Å²) in [5, 5.41) is 2.44. The van der Waals surface area contributed by atoms with Gasteiger partial charge in [-0.05, 0) is 50.2 Å². The van der Waals surface area contributed by atoms with Crippen LogP contribution in [0.25, 0.3) is 66.9 Å². The van der Waals surface area contributed by atoms with Crippen molar-refractivity contribution in [1.82, 2.24) is 9.97 Å². The molecule has 1 heterocycles. The number of benzene rings is 6. The summed E-state index contributed by atoms with van der Waals surface area (Å²) in [5.41, 5.74) is 12.7. The minimum absolute atomic E-state index is 0.0948. The molecule has 2 heteroatoms. The zero-order valence-electron chi connectivity index (χ0n) is 24.3. The molecule has 0 amide bonds. The van der Waals surface area contributed by atoms with Crippen LogP contribution in [-0.2, 0) is 5.41 Å². The predicted octanol–water partition coefficient (Wildman–Crippen LogP) is 10.6. The van der Waals surface area contributed by atoms with Crippen LogP contribution in [0.1, 0.15) is 25.0 Å². The van der Waals surface area contributed by atoms with E-state index in [0.717, 1.165) is 33.9 Å². The van der Waals surface area contributed by atoms with Crippen molar-refractivity contribution in [1.29, 1.82) is 0 Å². The van der Waals surface area contributed by atoms with E-state index >= 15 is 0 Å². The predicted molar refractivity (Wildman–Crippen MR) is 179 cm³/mol. The first-order chi connectivity index (χ1) is 21.1. The van der Waals surface area contributed by atoms with Crippen molar-refractivity contribution in [3.8, 4) is 56.2 Å². The first-order valence-electron chi connectivity index (χ1n) is 14.8. The SMILES string of the molecule is CC1(C)c2ccccc2-c2ccc3c(-c4nc(-c5ccccc5)cc(-c5ccc(-c6ccccc6)cc5)n4)cccc3c21. The molecule has 204 valence electrons. The highest BCUT2D eigenvalue weighted by molar-refractivity contribution is 6.03. The first kappa shape index (κ1) is 25.4. The molecule has 0 bridgehead atoms. The van der Waals surface area contributed by atoms with E-state index in [4.69, 9.17) is 9.97 Å². The van der Waals surface area contributed by atoms with Gasteiger partial charge < -0.3 is 0 Å². The fourth-order valence-corrected chi connectivity index (χ4v) is 6.78. The standard InChI is InChI=1S/C41H30N2/c1-41(2)36-19-10-9-16-32(36)34-25-24-31-33(39(34)41)17-11-18-35(31)40-42-37(29-14-7-4-8-15-29)26-38(43-40)30-22-20-28(21-23-30)27-12-5-3-6-13-27/h3-26H,1-2H3. The van der Waals surface area contributed by atoms with Gasteiger partial charge in [0.1, 0.15) is 0 Å². The molecule has 0 unspecified atom stereocenters. The second-order valence-electron chi connectivity index (χ2n) is 11.8. The largest absolute Gasteiger partial charge is 0.228 e. The number of hydrogen-bond donors (Lipinski definition) is 0. The lowest BCUT2D eigenvalue weighted by atomic mass is 9.80. The fraction of sp³-hybridized carbons (Fsp3) is 0.0732. The molecule has 8 rings (SSSR count). The molecule has 0 fully saturated rings. The quantitative estimate of drug-likeness (QED) is 0.218. The highest BCUT2D eigenvalue weighted by atomic mass is 14.9. The summed E-state index contributed by atoms with van der Waals surface area (Å²) < 4.78 is 0. The topological polar surface area (TPSA) is 25.8 Å². The van der Waals surface area contributed by atoms with Crippen LogP contribution in [0, 0.1) is 0 Å². The van der Waals surface area contributed by atoms with Crippen LogP contribution in [-0.4, -0.2) is 9.97 Å². The van der Waals surface area contributed by atoms with Crippen LogP contribution < -0.4 is 0 Å². The lowest BCUT2D eigenvalue weighted by Crippen LogP contribution is -2.15. The van der Waals surface area contributed by atoms with E-state index in [0.29, 0.717) is 0 Å². The van der Waals surface area contributed by atoms with Crippen molar-refractivity contribution in [2.24, 2.45) is 0 Å². The average Bonchev–Trinajstić information content (AvgIpc) is 3.31. The molecule has 2 nitrogen and oxygen atoms in total. The zero-order chi connectivity index (χ0) is 29.0. The van der Waals surface area contributed by atoms with Gasteiger partial charge in [0.05, 0.1) is 11.4 Å². The van der Waals surface area contributed by atoms with Gasteiger partial charge in [-0.1, -0.05) is 153 Å². The van der Waals surface area contributed by atoms with Crippen LogP contribution >= 0.6 is 0 Å². The summed E-state index contributed by atoms with van der Waals surface area (Å²) in [5.74, 6) is 0.738. The second-order valence-corrected chi connectivity index (χ2v) is 11.8. The Morgan fingerprint density at radius 1 is 0.419 bits per heavy atom. The summed E-state index contributed by atoms with van der Waals surface area (Å²) in [6, 6.07) is 51.6. The number of fused-ring (bicyclic) bond motifs is 5. The summed E-state index contributed by atoms with van der Waals surface area (Å²) in [6.45, 7) is 4.68. The Kier molecular flexibility index (Phi) is 5.84. The fourth-order valence-electron chi connectivity index (χ4n) is 6.78. The van der Waals surface area contributed by atoms with E-state index < -0.39 is 0 Å². The van der Waals surface area contributed by atoms with Crippen molar-refractivity contribution < 1.29 is 0 Å². The van der Waals surface area contributed by atoms with Gasteiger partial charge in [0, 0.05) is 22.1 Å². The van der Waals surface area contributed by atoms with Crippen molar-refractivity contribution >= 4 is 10.8 Å². The number of nitrogens with zero attached hydrogens (tertiary/aromatic N) is 2. The lowest BCUT2D eigenvalue weighted by Gasteiger charge is -2.23. The molecule has 7 aromatic rings. The average molecular weight is 551 g/mol. The third kappa shape index (κ3) is 4.18. The van der Waals surface area contributed by atoms with Crippen molar-refractivity contribution in [3.05, 3.63) is 157 Å². The molecular weight excluding hydrogens is 520 g/mol. The Morgan fingerprint density at radius 3 is 1.70 bits per heavy atom. The van der Waals surface area contributed by atoms with Crippen LogP contribution in [0.15, 0.2) is 146 Å². The molecular formula is C41H30N2. The Bertz CT molecular complexity index is 2130. The highest BCUT2D eigenvalue weighted by Gasteiger charge is 2.36. The smallest absolute Gasteiger partial charge is 0.161 e. The molecule has 0 saturated carbocycles. The van der Waals surface area contributed by atoms with E-state index in [1.165, 1.54) is 44.2 Å². The van der Waals surface area contributed by atoms with Crippen molar-refractivity contribution in [2.45, 2.75) is 19.3 Å². The normalized spacial score (nSPS) is 13.1. The van der Waals surface area contributed by atoms with Gasteiger partial charge in [-0.3, -0.25) is 0 Å². The van der Waals surface area contributed by atoms with E-state index in [2.05, 4.69) is 147 Å². The number of rotatable bonds is 4. The zero-order valence-corrected chi connectivity index (χ0v) is 24.3. The van der Waals surface area contributed by atoms with Gasteiger partial charge in [0.25, 0.3) is 0 Å². The number of hydrogen-bond acceptors (Lipinski definition) is 2. The Morgan fingerprint density at radius 2 is 0.977 bits per heavy atom. The van der Waals surface area contributed by atoms with Crippen LogP contribution in [0.3, 0.4) is 0 Å². The van der Waals surface area contributed by atoms with E-state index in [9.17, 15) is 0 Å². The molecule has 1 aliphatic rings. The van der Waals surface area contributed by atoms with Gasteiger partial charge in [-0.15, -0.1) is 0 Å². The van der Waals surface area contributed by atoms with Gasteiger partial charge in [-0.25, -0.2) is 9.97 Å². The molecule has 1 aliphatic carbocycles. The molecule has 0 radical (unpaired) electrons. The third-order valence-corrected chi connectivity index (χ3v) is 8.90. The lowest BCUT2D eigenvalue weighted by molar-refractivity contribution is 0.666. The second kappa shape index (κ2) is 9.89. The van der Waals surface area contributed by atoms with Gasteiger partial charge in [-0.2, -0.15) is 0 Å². The molecule has 0 saturated heterocycles. The van der Waals surface area contributed by atoms with Gasteiger partial charge in [0.2, 0.25) is 0 Å². The maximum Gasteiger partial charge on any atom is 0.161 e. The Hall–Kier alpha value is -5.34. The van der Waals surface area contributed by atoms with E-state index in [-0.39, 0.29) is 5.41 Å². The van der Waals surface area contributed by atoms with Gasteiger partial charge in [0.15, 0.2) is 5.82 Å². The molecule has 43 heavy (non-hydrogen) atoms. The molecule has 0 atom stereocenters. The maximum absolute atomic E-state index is 5.21. The van der Waals surface area contributed by atoms with Crippen LogP contribution in [0.4, 0.5) is 0 Å². The summed E-state index contributed by atoms with van der Waals surface area (Å²) in [7, 11) is 0. The minimum atomic E-state index is -0.0948. The maximum atomic E-state index is 5.21. The molecule has 1 aromatic heterocycles. The van der Waals surface area contributed by atoms with Crippen LogP contribution in [0.2, 0.25) is 0 Å². The van der Waals surface area contributed by atoms with Crippen molar-refractivity contribution in [3.63, 3.8) is 0 Å². The van der Waals surface area contributed by atoms with Gasteiger partial charge >= 0.3 is 0 Å². The monoisotopic (exact) mass is 550 g/mol. The number of aromatic nitrogens is 2. The van der Waals surface area contributed by atoms with Crippen molar-refractivity contribution in [2.75, 3.05) is 0 Å². The van der Waals surface area contributed by atoms with E-state index in [1.807, 2.05) is 12.1 Å². The molecule has 6 aromatic carbocycles. The first-order valence-corrected chi connectivity index (χ1v) is 14.8. The Balaban J connectivity index is 1.31. The molecule has 0 N–H and O–H groups in total. The third-order valence-electron chi connectivity index (χ3n) is 8.90.